The zero-order valence-corrected chi connectivity index (χ0v) is 8.15. The van der Waals surface area contributed by atoms with Crippen LogP contribution in [-0.2, 0) is 7.05 Å². The molecule has 0 bridgehead atoms. The minimum Gasteiger partial charge on any atom is -0.397 e. The van der Waals surface area contributed by atoms with Crippen molar-refractivity contribution in [2.45, 2.75) is 6.92 Å². The Labute approximate surface area is 77.6 Å². The maximum atomic E-state index is 5.80. The zero-order chi connectivity index (χ0) is 10.0. The van der Waals surface area contributed by atoms with Gasteiger partial charge in [-0.3, -0.25) is 4.68 Å². The zero-order valence-electron chi connectivity index (χ0n) is 8.15. The number of hydrogen-bond acceptors (Lipinski definition) is 4. The summed E-state index contributed by atoms with van der Waals surface area (Å²) in [6.07, 6.45) is 3.38. The van der Waals surface area contributed by atoms with Crippen LogP contribution in [0.3, 0.4) is 0 Å². The molecule has 0 atom stereocenters. The van der Waals surface area contributed by atoms with Crippen molar-refractivity contribution in [2.75, 3.05) is 7.05 Å². The molecule has 0 spiro atoms. The number of rotatable bonds is 2. The van der Waals surface area contributed by atoms with Crippen molar-refractivity contribution in [1.29, 1.82) is 0 Å². The van der Waals surface area contributed by atoms with Crippen LogP contribution in [0.2, 0.25) is 0 Å². The molecule has 72 valence electrons. The smallest absolute Gasteiger partial charge is 0.0598 e. The van der Waals surface area contributed by atoms with E-state index in [4.69, 9.17) is 11.6 Å². The Bertz CT molecular complexity index is 323. The molecule has 1 heterocycles. The number of hydrogen-bond donors (Lipinski definition) is 2. The fraction of sp³-hybridized carbons (Fsp3) is 0.375. The van der Waals surface area contributed by atoms with E-state index in [0.717, 1.165) is 11.3 Å². The summed E-state index contributed by atoms with van der Waals surface area (Å²) in [6, 6.07) is 0. The van der Waals surface area contributed by atoms with Crippen LogP contribution in [0, 0.1) is 6.92 Å². The lowest BCUT2D eigenvalue weighted by Gasteiger charge is -2.07. The van der Waals surface area contributed by atoms with Gasteiger partial charge in [-0.15, -0.1) is 0 Å². The van der Waals surface area contributed by atoms with E-state index in [-0.39, 0.29) is 0 Å². The molecular weight excluding hydrogens is 166 g/mol. The first-order valence-corrected chi connectivity index (χ1v) is 3.96. The van der Waals surface area contributed by atoms with Crippen LogP contribution >= 0.6 is 0 Å². The van der Waals surface area contributed by atoms with Crippen molar-refractivity contribution in [3.63, 3.8) is 0 Å². The van der Waals surface area contributed by atoms with Crippen molar-refractivity contribution in [3.8, 4) is 0 Å². The summed E-state index contributed by atoms with van der Waals surface area (Å²) in [5.74, 6) is 5.44. The molecule has 0 saturated heterocycles. The first-order chi connectivity index (χ1) is 6.02. The fourth-order valence-corrected chi connectivity index (χ4v) is 1.07. The predicted octanol–water partition coefficient (Wildman–Crippen LogP) is -0.209. The molecule has 0 unspecified atom stereocenters. The summed E-state index contributed by atoms with van der Waals surface area (Å²) in [7, 11) is 3.59. The Hall–Kier alpha value is -1.49. The number of hydrazine groups is 1. The van der Waals surface area contributed by atoms with Crippen molar-refractivity contribution < 1.29 is 0 Å². The van der Waals surface area contributed by atoms with Crippen LogP contribution < -0.4 is 11.6 Å². The summed E-state index contributed by atoms with van der Waals surface area (Å²) in [4.78, 5) is 0. The Morgan fingerprint density at radius 3 is 2.69 bits per heavy atom. The van der Waals surface area contributed by atoms with Gasteiger partial charge in [0.1, 0.15) is 0 Å². The molecule has 0 saturated carbocycles. The summed E-state index contributed by atoms with van der Waals surface area (Å²) in [6.45, 7) is 1.96. The van der Waals surface area contributed by atoms with Gasteiger partial charge in [0.15, 0.2) is 0 Å². The van der Waals surface area contributed by atoms with E-state index in [2.05, 4.69) is 5.10 Å². The predicted molar refractivity (Wildman–Crippen MR) is 52.1 cm³/mol. The van der Waals surface area contributed by atoms with Crippen molar-refractivity contribution in [3.05, 3.63) is 23.7 Å². The Morgan fingerprint density at radius 2 is 2.31 bits per heavy atom. The second kappa shape index (κ2) is 3.49. The number of nitrogens with two attached hydrogens (primary N) is 2. The standard InChI is InChI=1S/C8H15N5/c1-6-7(4-11-13(6)3)8(9)5-12(2)10/h4-5H,9-10H2,1-3H3/b8-5-. The average Bonchev–Trinajstić information content (AvgIpc) is 2.31. The minimum atomic E-state index is 0.621. The second-order valence-corrected chi connectivity index (χ2v) is 3.02. The molecule has 0 aliphatic rings. The Morgan fingerprint density at radius 1 is 1.69 bits per heavy atom. The quantitative estimate of drug-likeness (QED) is 0.489. The highest BCUT2D eigenvalue weighted by molar-refractivity contribution is 5.63. The van der Waals surface area contributed by atoms with E-state index < -0.39 is 0 Å². The maximum absolute atomic E-state index is 5.80. The van der Waals surface area contributed by atoms with Gasteiger partial charge in [-0.05, 0) is 6.92 Å². The maximum Gasteiger partial charge on any atom is 0.0598 e. The molecule has 0 aliphatic carbocycles. The van der Waals surface area contributed by atoms with Crippen molar-refractivity contribution in [2.24, 2.45) is 18.6 Å². The van der Waals surface area contributed by atoms with Gasteiger partial charge in [-0.25, -0.2) is 5.84 Å². The third-order valence-electron chi connectivity index (χ3n) is 1.89. The summed E-state index contributed by atoms with van der Waals surface area (Å²) in [5.41, 5.74) is 8.36. The van der Waals surface area contributed by atoms with Gasteiger partial charge >= 0.3 is 0 Å². The van der Waals surface area contributed by atoms with Crippen molar-refractivity contribution >= 4 is 5.70 Å². The molecule has 0 aliphatic heterocycles. The highest BCUT2D eigenvalue weighted by Gasteiger charge is 2.05. The lowest BCUT2D eigenvalue weighted by Crippen LogP contribution is -2.20. The molecule has 1 aromatic heterocycles. The van der Waals surface area contributed by atoms with Gasteiger partial charge in [0.2, 0.25) is 0 Å². The average molecular weight is 181 g/mol. The van der Waals surface area contributed by atoms with Gasteiger partial charge < -0.3 is 10.7 Å². The normalized spacial score (nSPS) is 11.8. The van der Waals surface area contributed by atoms with Crippen LogP contribution in [0.15, 0.2) is 12.4 Å². The summed E-state index contributed by atoms with van der Waals surface area (Å²) >= 11 is 0. The van der Waals surface area contributed by atoms with Crippen LogP contribution in [0.25, 0.3) is 5.70 Å². The van der Waals surface area contributed by atoms with E-state index in [1.807, 2.05) is 14.0 Å². The molecule has 5 heteroatoms. The third-order valence-corrected chi connectivity index (χ3v) is 1.89. The fourth-order valence-electron chi connectivity index (χ4n) is 1.07. The SMILES string of the molecule is Cc1c(/C(N)=C/N(C)N)cnn1C. The van der Waals surface area contributed by atoms with E-state index in [0.29, 0.717) is 5.70 Å². The largest absolute Gasteiger partial charge is 0.397 e. The molecule has 0 amide bonds. The van der Waals surface area contributed by atoms with Gasteiger partial charge in [0.05, 0.1) is 11.9 Å². The van der Waals surface area contributed by atoms with Crippen LogP contribution in [-0.4, -0.2) is 21.8 Å². The number of aryl methyl sites for hydroxylation is 1. The lowest BCUT2D eigenvalue weighted by atomic mass is 10.2. The van der Waals surface area contributed by atoms with E-state index >= 15 is 0 Å². The van der Waals surface area contributed by atoms with Gasteiger partial charge in [-0.2, -0.15) is 5.10 Å². The first-order valence-electron chi connectivity index (χ1n) is 3.96. The van der Waals surface area contributed by atoms with Gasteiger partial charge in [-0.1, -0.05) is 0 Å². The van der Waals surface area contributed by atoms with Gasteiger partial charge in [0, 0.05) is 31.6 Å². The molecule has 1 aromatic rings. The van der Waals surface area contributed by atoms with Crippen molar-refractivity contribution in [1.82, 2.24) is 14.8 Å². The third kappa shape index (κ3) is 2.00. The molecule has 4 N–H and O–H groups in total. The highest BCUT2D eigenvalue weighted by Crippen LogP contribution is 2.12. The summed E-state index contributed by atoms with van der Waals surface area (Å²) in [5, 5.41) is 5.50. The van der Waals surface area contributed by atoms with Crippen LogP contribution in [0.5, 0.6) is 0 Å². The van der Waals surface area contributed by atoms with E-state index in [9.17, 15) is 0 Å². The molecule has 0 fully saturated rings. The minimum absolute atomic E-state index is 0.621. The second-order valence-electron chi connectivity index (χ2n) is 3.02. The van der Waals surface area contributed by atoms with E-state index in [1.165, 1.54) is 5.01 Å². The topological polar surface area (TPSA) is 73.1 Å². The first kappa shape index (κ1) is 9.60. The summed E-state index contributed by atoms with van der Waals surface area (Å²) < 4.78 is 1.77. The molecular formula is C8H15N5. The number of aromatic nitrogens is 2. The van der Waals surface area contributed by atoms with Crippen LogP contribution in [0.1, 0.15) is 11.3 Å². The molecule has 13 heavy (non-hydrogen) atoms. The Balaban J connectivity index is 3.02. The van der Waals surface area contributed by atoms with Crippen LogP contribution in [0.4, 0.5) is 0 Å². The molecule has 1 rings (SSSR count). The lowest BCUT2D eigenvalue weighted by molar-refractivity contribution is 0.486. The Kier molecular flexibility index (Phi) is 2.57. The molecule has 0 aromatic carbocycles. The monoisotopic (exact) mass is 181 g/mol. The van der Waals surface area contributed by atoms with E-state index in [1.54, 1.807) is 24.1 Å². The highest BCUT2D eigenvalue weighted by atomic mass is 15.4. The molecule has 0 radical (unpaired) electrons. The molecule has 5 nitrogen and oxygen atoms in total. The number of nitrogens with zero attached hydrogens (tertiary/aromatic N) is 3. The van der Waals surface area contributed by atoms with Gasteiger partial charge in [0.25, 0.3) is 0 Å².